The van der Waals surface area contributed by atoms with Gasteiger partial charge in [0.1, 0.15) is 5.75 Å². The lowest BCUT2D eigenvalue weighted by Gasteiger charge is -2.26. The minimum absolute atomic E-state index is 0.586. The molecule has 1 fully saturated rings. The third-order valence-corrected chi connectivity index (χ3v) is 3.85. The lowest BCUT2D eigenvalue weighted by molar-refractivity contribution is -0.154. The number of aliphatic carboxylic acids is 1. The van der Waals surface area contributed by atoms with Crippen molar-refractivity contribution in [2.45, 2.75) is 38.2 Å². The van der Waals surface area contributed by atoms with Crippen LogP contribution in [0.25, 0.3) is 0 Å². The Morgan fingerprint density at radius 2 is 2.06 bits per heavy atom. The Hall–Kier alpha value is -1.03. The highest BCUT2D eigenvalue weighted by Gasteiger charge is 2.44. The molecular weight excluding hydrogens is 284 g/mol. The fourth-order valence-corrected chi connectivity index (χ4v) is 2.53. The molecule has 0 aromatic heterocycles. The topological polar surface area (TPSA) is 46.5 Å². The quantitative estimate of drug-likeness (QED) is 0.928. The Balaban J connectivity index is 2.29. The molecule has 0 aliphatic heterocycles. The van der Waals surface area contributed by atoms with E-state index in [1.165, 1.54) is 0 Å². The van der Waals surface area contributed by atoms with Crippen molar-refractivity contribution in [3.63, 3.8) is 0 Å². The van der Waals surface area contributed by atoms with E-state index >= 15 is 0 Å². The molecule has 92 valence electrons. The van der Waals surface area contributed by atoms with Gasteiger partial charge in [0, 0.05) is 0 Å². The zero-order chi connectivity index (χ0) is 12.5. The molecule has 2 rings (SSSR count). The SMILES string of the molecule is Cc1ccc(Br)c(OC2(C(=O)O)CCCC2)c1. The molecule has 0 amide bonds. The van der Waals surface area contributed by atoms with Crippen molar-refractivity contribution in [2.75, 3.05) is 0 Å². The fourth-order valence-electron chi connectivity index (χ4n) is 2.20. The maximum Gasteiger partial charge on any atom is 0.348 e. The predicted molar refractivity (Wildman–Crippen MR) is 68.3 cm³/mol. The van der Waals surface area contributed by atoms with Gasteiger partial charge in [0.15, 0.2) is 0 Å². The fraction of sp³-hybridized carbons (Fsp3) is 0.462. The van der Waals surface area contributed by atoms with E-state index in [-0.39, 0.29) is 0 Å². The van der Waals surface area contributed by atoms with Gasteiger partial charge >= 0.3 is 5.97 Å². The summed E-state index contributed by atoms with van der Waals surface area (Å²) < 4.78 is 6.59. The molecule has 1 aromatic carbocycles. The standard InChI is InChI=1S/C13H15BrO3/c1-9-4-5-10(14)11(8-9)17-13(12(15)16)6-2-3-7-13/h4-5,8H,2-3,6-7H2,1H3,(H,15,16). The zero-order valence-electron chi connectivity index (χ0n) is 9.70. The van der Waals surface area contributed by atoms with Crippen LogP contribution in [0.4, 0.5) is 0 Å². The summed E-state index contributed by atoms with van der Waals surface area (Å²) in [6.45, 7) is 1.96. The van der Waals surface area contributed by atoms with Crippen LogP contribution >= 0.6 is 15.9 Å². The van der Waals surface area contributed by atoms with Crippen LogP contribution in [-0.2, 0) is 4.79 Å². The van der Waals surface area contributed by atoms with Gasteiger partial charge in [-0.1, -0.05) is 6.07 Å². The van der Waals surface area contributed by atoms with Crippen LogP contribution in [0.3, 0.4) is 0 Å². The van der Waals surface area contributed by atoms with Crippen molar-refractivity contribution < 1.29 is 14.6 Å². The van der Waals surface area contributed by atoms with Gasteiger partial charge in [-0.2, -0.15) is 0 Å². The van der Waals surface area contributed by atoms with Gasteiger partial charge in [0.2, 0.25) is 5.60 Å². The lowest BCUT2D eigenvalue weighted by atomic mass is 10.0. The number of carboxylic acid groups (broad SMARTS) is 1. The van der Waals surface area contributed by atoms with Gasteiger partial charge in [-0.3, -0.25) is 0 Å². The number of carbonyl (C=O) groups is 1. The highest BCUT2D eigenvalue weighted by molar-refractivity contribution is 9.10. The van der Waals surface area contributed by atoms with Crippen LogP contribution in [0, 0.1) is 6.92 Å². The summed E-state index contributed by atoms with van der Waals surface area (Å²) in [5.74, 6) is -0.238. The van der Waals surface area contributed by atoms with E-state index in [1.54, 1.807) is 0 Å². The average Bonchev–Trinajstić information content (AvgIpc) is 2.73. The van der Waals surface area contributed by atoms with Gasteiger partial charge in [-0.25, -0.2) is 4.79 Å². The third kappa shape index (κ3) is 2.46. The number of aryl methyl sites for hydroxylation is 1. The maximum atomic E-state index is 11.4. The van der Waals surface area contributed by atoms with Crippen LogP contribution in [0.1, 0.15) is 31.2 Å². The second-order valence-corrected chi connectivity index (χ2v) is 5.40. The number of hydrogen-bond acceptors (Lipinski definition) is 2. The van der Waals surface area contributed by atoms with Crippen molar-refractivity contribution >= 4 is 21.9 Å². The van der Waals surface area contributed by atoms with Crippen molar-refractivity contribution in [1.82, 2.24) is 0 Å². The second-order valence-electron chi connectivity index (χ2n) is 4.54. The van der Waals surface area contributed by atoms with Gasteiger partial charge in [0.05, 0.1) is 4.47 Å². The maximum absolute atomic E-state index is 11.4. The Kier molecular flexibility index (Phi) is 3.43. The van der Waals surface area contributed by atoms with E-state index in [2.05, 4.69) is 15.9 Å². The monoisotopic (exact) mass is 298 g/mol. The van der Waals surface area contributed by atoms with Crippen molar-refractivity contribution in [3.8, 4) is 5.75 Å². The Morgan fingerprint density at radius 1 is 1.41 bits per heavy atom. The lowest BCUT2D eigenvalue weighted by Crippen LogP contribution is -2.41. The summed E-state index contributed by atoms with van der Waals surface area (Å²) in [6, 6.07) is 5.71. The summed E-state index contributed by atoms with van der Waals surface area (Å²) in [4.78, 5) is 11.4. The molecule has 0 unspecified atom stereocenters. The largest absolute Gasteiger partial charge is 0.478 e. The summed E-state index contributed by atoms with van der Waals surface area (Å²) in [6.07, 6.45) is 3.00. The molecule has 17 heavy (non-hydrogen) atoms. The summed E-state index contributed by atoms with van der Waals surface area (Å²) in [7, 11) is 0. The first-order valence-electron chi connectivity index (χ1n) is 5.72. The Labute approximate surface area is 109 Å². The highest BCUT2D eigenvalue weighted by atomic mass is 79.9. The Bertz CT molecular complexity index is 436. The van der Waals surface area contributed by atoms with E-state index < -0.39 is 11.6 Å². The molecule has 0 saturated heterocycles. The Morgan fingerprint density at radius 3 is 2.65 bits per heavy atom. The van der Waals surface area contributed by atoms with Crippen molar-refractivity contribution in [1.29, 1.82) is 0 Å². The molecule has 0 radical (unpaired) electrons. The van der Waals surface area contributed by atoms with Crippen LogP contribution in [-0.4, -0.2) is 16.7 Å². The zero-order valence-corrected chi connectivity index (χ0v) is 11.3. The molecule has 0 atom stereocenters. The van der Waals surface area contributed by atoms with E-state index in [4.69, 9.17) is 4.74 Å². The summed E-state index contributed by atoms with van der Waals surface area (Å²) in [5, 5.41) is 9.34. The molecule has 1 saturated carbocycles. The molecule has 0 spiro atoms. The number of benzene rings is 1. The van der Waals surface area contributed by atoms with Gasteiger partial charge in [-0.05, 0) is 66.2 Å². The normalized spacial score (nSPS) is 18.0. The highest BCUT2D eigenvalue weighted by Crippen LogP contribution is 2.37. The first-order valence-corrected chi connectivity index (χ1v) is 6.51. The van der Waals surface area contributed by atoms with Gasteiger partial charge in [0.25, 0.3) is 0 Å². The van der Waals surface area contributed by atoms with E-state index in [0.717, 1.165) is 22.9 Å². The van der Waals surface area contributed by atoms with Gasteiger partial charge in [-0.15, -0.1) is 0 Å². The number of rotatable bonds is 3. The molecule has 3 nitrogen and oxygen atoms in total. The van der Waals surface area contributed by atoms with Crippen molar-refractivity contribution in [2.24, 2.45) is 0 Å². The number of hydrogen-bond donors (Lipinski definition) is 1. The van der Waals surface area contributed by atoms with E-state index in [0.29, 0.717) is 18.6 Å². The van der Waals surface area contributed by atoms with Crippen molar-refractivity contribution in [3.05, 3.63) is 28.2 Å². The number of ether oxygens (including phenoxy) is 1. The first-order chi connectivity index (χ1) is 8.03. The molecule has 1 aromatic rings. The molecule has 0 heterocycles. The smallest absolute Gasteiger partial charge is 0.348 e. The molecule has 1 N–H and O–H groups in total. The second kappa shape index (κ2) is 4.69. The molecule has 4 heteroatoms. The van der Waals surface area contributed by atoms with E-state index in [1.807, 2.05) is 25.1 Å². The van der Waals surface area contributed by atoms with Gasteiger partial charge < -0.3 is 9.84 Å². The average molecular weight is 299 g/mol. The van der Waals surface area contributed by atoms with Crippen LogP contribution in [0.2, 0.25) is 0 Å². The first kappa shape index (κ1) is 12.4. The van der Waals surface area contributed by atoms with E-state index in [9.17, 15) is 9.90 Å². The number of halogens is 1. The molecule has 1 aliphatic rings. The van der Waals surface area contributed by atoms with Crippen LogP contribution in [0.5, 0.6) is 5.75 Å². The molecular formula is C13H15BrO3. The van der Waals surface area contributed by atoms with Crippen LogP contribution in [0.15, 0.2) is 22.7 Å². The molecule has 0 bridgehead atoms. The number of carboxylic acids is 1. The summed E-state index contributed by atoms with van der Waals surface area (Å²) in [5.41, 5.74) is 0.0257. The predicted octanol–water partition coefficient (Wildman–Crippen LogP) is 3.53. The molecule has 1 aliphatic carbocycles. The van der Waals surface area contributed by atoms with Crippen LogP contribution < -0.4 is 4.74 Å². The third-order valence-electron chi connectivity index (χ3n) is 3.19. The summed E-state index contributed by atoms with van der Waals surface area (Å²) >= 11 is 3.39. The minimum Gasteiger partial charge on any atom is -0.478 e. The minimum atomic E-state index is -1.03.